The van der Waals surface area contributed by atoms with Gasteiger partial charge in [-0.1, -0.05) is 25.5 Å². The highest BCUT2D eigenvalue weighted by Gasteiger charge is 2.76. The Bertz CT molecular complexity index is 668. The molecule has 5 fully saturated rings. The normalized spacial score (nSPS) is 56.2. The first-order chi connectivity index (χ1) is 12.3. The summed E-state index contributed by atoms with van der Waals surface area (Å²) in [5.74, 6) is 2.31. The van der Waals surface area contributed by atoms with Crippen molar-refractivity contribution in [3.63, 3.8) is 0 Å². The third kappa shape index (κ3) is 2.02. The van der Waals surface area contributed by atoms with E-state index in [1.165, 1.54) is 39.0 Å². The molecule has 26 heavy (non-hydrogen) atoms. The van der Waals surface area contributed by atoms with E-state index in [1.54, 1.807) is 5.57 Å². The number of hydrogen-bond acceptors (Lipinski definition) is 3. The monoisotopic (exact) mass is 358 g/mol. The summed E-state index contributed by atoms with van der Waals surface area (Å²) in [6.45, 7) is 8.84. The predicted molar refractivity (Wildman–Crippen MR) is 101 cm³/mol. The summed E-state index contributed by atoms with van der Waals surface area (Å²) < 4.78 is 12.1. The zero-order valence-corrected chi connectivity index (χ0v) is 16.8. The molecule has 3 nitrogen and oxygen atoms in total. The predicted octanol–water partition coefficient (Wildman–Crippen LogP) is 5.04. The maximum absolute atomic E-state index is 11.4. The molecule has 5 rings (SSSR count). The van der Waals surface area contributed by atoms with E-state index in [1.807, 2.05) is 0 Å². The molecule has 0 aromatic rings. The molecule has 1 saturated heterocycles. The second-order valence-electron chi connectivity index (χ2n) is 10.3. The highest BCUT2D eigenvalue weighted by molar-refractivity contribution is 5.66. The van der Waals surface area contributed by atoms with Gasteiger partial charge in [-0.2, -0.15) is 0 Å². The first kappa shape index (κ1) is 17.3. The number of carbonyl (C=O) groups excluding carboxylic acids is 1. The first-order valence-electron chi connectivity index (χ1n) is 10.8. The molecule has 8 atom stereocenters. The van der Waals surface area contributed by atoms with Crippen LogP contribution >= 0.6 is 0 Å². The maximum atomic E-state index is 11.4. The molecule has 4 aliphatic carbocycles. The Hall–Kier alpha value is -0.830. The molecule has 0 aromatic carbocycles. The van der Waals surface area contributed by atoms with Crippen LogP contribution in [0.5, 0.6) is 0 Å². The van der Waals surface area contributed by atoms with Crippen molar-refractivity contribution in [2.75, 3.05) is 0 Å². The van der Waals surface area contributed by atoms with Crippen LogP contribution < -0.4 is 0 Å². The van der Waals surface area contributed by atoms with Crippen LogP contribution in [-0.2, 0) is 14.3 Å². The molecule has 0 bridgehead atoms. The second kappa shape index (κ2) is 5.37. The minimum absolute atomic E-state index is 0.00229. The van der Waals surface area contributed by atoms with Gasteiger partial charge in [-0.3, -0.25) is 4.79 Å². The number of fused-ring (bicyclic) bond motifs is 4. The molecule has 0 N–H and O–H groups in total. The van der Waals surface area contributed by atoms with Crippen molar-refractivity contribution >= 4 is 5.97 Å². The van der Waals surface area contributed by atoms with E-state index in [0.717, 1.165) is 37.0 Å². The molecule has 1 heterocycles. The summed E-state index contributed by atoms with van der Waals surface area (Å²) in [4.78, 5) is 11.4. The van der Waals surface area contributed by atoms with Crippen LogP contribution in [0.15, 0.2) is 11.6 Å². The van der Waals surface area contributed by atoms with Crippen molar-refractivity contribution in [2.45, 2.75) is 96.9 Å². The summed E-state index contributed by atoms with van der Waals surface area (Å²) in [6, 6.07) is 0. The Morgan fingerprint density at radius 3 is 2.73 bits per heavy atom. The Labute approximate surface area is 157 Å². The molecule has 1 spiro atoms. The van der Waals surface area contributed by atoms with Crippen molar-refractivity contribution in [1.82, 2.24) is 0 Å². The molecule has 4 saturated carbocycles. The fourth-order valence-electron chi connectivity index (χ4n) is 8.30. The summed E-state index contributed by atoms with van der Waals surface area (Å²) in [7, 11) is 0. The number of carbonyl (C=O) groups is 1. The van der Waals surface area contributed by atoms with Crippen LogP contribution in [0.1, 0.15) is 79.1 Å². The summed E-state index contributed by atoms with van der Waals surface area (Å²) >= 11 is 0. The standard InChI is InChI=1S/C23H34O3/c1-5-15-6-7-18-17-12-20-23(26-20)13-16(25-14(2)24)8-11-22(23,4)19(17)9-10-21(15,18)3/h5,16-20H,6-13H2,1-4H3/b15-5-/t16-,17-,18-,19-,20+,21+,22+,23+/m0/s1. The molecule has 3 heteroatoms. The lowest BCUT2D eigenvalue weighted by atomic mass is 9.45. The summed E-state index contributed by atoms with van der Waals surface area (Å²) in [5.41, 5.74) is 2.44. The lowest BCUT2D eigenvalue weighted by molar-refractivity contribution is -0.156. The number of epoxide rings is 1. The lowest BCUT2D eigenvalue weighted by Gasteiger charge is -2.58. The fourth-order valence-corrected chi connectivity index (χ4v) is 8.30. The molecule has 0 amide bonds. The Balaban J connectivity index is 1.44. The van der Waals surface area contributed by atoms with E-state index < -0.39 is 0 Å². The van der Waals surface area contributed by atoms with Gasteiger partial charge in [0.05, 0.1) is 6.10 Å². The minimum Gasteiger partial charge on any atom is -0.462 e. The summed E-state index contributed by atoms with van der Waals surface area (Å²) in [5, 5.41) is 0. The molecular weight excluding hydrogens is 324 g/mol. The van der Waals surface area contributed by atoms with Gasteiger partial charge < -0.3 is 9.47 Å². The molecule has 144 valence electrons. The van der Waals surface area contributed by atoms with Crippen molar-refractivity contribution in [1.29, 1.82) is 0 Å². The van der Waals surface area contributed by atoms with Crippen LogP contribution in [0, 0.1) is 28.6 Å². The minimum atomic E-state index is -0.140. The van der Waals surface area contributed by atoms with Gasteiger partial charge in [-0.05, 0) is 75.0 Å². The Kier molecular flexibility index (Phi) is 3.57. The Morgan fingerprint density at radius 2 is 2.00 bits per heavy atom. The van der Waals surface area contributed by atoms with E-state index in [4.69, 9.17) is 9.47 Å². The SMILES string of the molecule is C/C=C1/CC[C@H]2[C@@H]3C[C@H]4O[C@]45C[C@@H](OC(C)=O)CC[C@]5(C)[C@H]3CC[C@]12C. The zero-order valence-electron chi connectivity index (χ0n) is 16.8. The average Bonchev–Trinajstić information content (AvgIpc) is 3.16. The van der Waals surface area contributed by atoms with E-state index in [-0.39, 0.29) is 23.1 Å². The smallest absolute Gasteiger partial charge is 0.302 e. The molecule has 5 aliphatic rings. The van der Waals surface area contributed by atoms with E-state index in [2.05, 4.69) is 26.8 Å². The van der Waals surface area contributed by atoms with E-state index >= 15 is 0 Å². The van der Waals surface area contributed by atoms with E-state index in [0.29, 0.717) is 11.5 Å². The van der Waals surface area contributed by atoms with Gasteiger partial charge in [0, 0.05) is 18.8 Å². The molecule has 0 unspecified atom stereocenters. The van der Waals surface area contributed by atoms with Gasteiger partial charge in [0.15, 0.2) is 0 Å². The third-order valence-electron chi connectivity index (χ3n) is 9.57. The maximum Gasteiger partial charge on any atom is 0.302 e. The van der Waals surface area contributed by atoms with Gasteiger partial charge in [0.1, 0.15) is 11.7 Å². The first-order valence-corrected chi connectivity index (χ1v) is 10.8. The third-order valence-corrected chi connectivity index (χ3v) is 9.57. The van der Waals surface area contributed by atoms with Gasteiger partial charge in [-0.25, -0.2) is 0 Å². The molecule has 0 aromatic heterocycles. The molecule has 1 aliphatic heterocycles. The summed E-state index contributed by atoms with van der Waals surface area (Å²) in [6.07, 6.45) is 12.6. The number of allylic oxidation sites excluding steroid dienone is 2. The van der Waals surface area contributed by atoms with Crippen LogP contribution in [0.3, 0.4) is 0 Å². The van der Waals surface area contributed by atoms with Crippen molar-refractivity contribution in [3.05, 3.63) is 11.6 Å². The van der Waals surface area contributed by atoms with Crippen molar-refractivity contribution in [3.8, 4) is 0 Å². The zero-order chi connectivity index (χ0) is 18.3. The quantitative estimate of drug-likeness (QED) is 0.374. The molecular formula is C23H34O3. The van der Waals surface area contributed by atoms with Crippen molar-refractivity contribution in [2.24, 2.45) is 28.6 Å². The lowest BCUT2D eigenvalue weighted by Crippen LogP contribution is -2.58. The topological polar surface area (TPSA) is 38.8 Å². The highest BCUT2D eigenvalue weighted by Crippen LogP contribution is 2.73. The van der Waals surface area contributed by atoms with Gasteiger partial charge in [0.2, 0.25) is 0 Å². The van der Waals surface area contributed by atoms with Gasteiger partial charge in [-0.15, -0.1) is 0 Å². The van der Waals surface area contributed by atoms with Gasteiger partial charge in [0.25, 0.3) is 0 Å². The van der Waals surface area contributed by atoms with Crippen molar-refractivity contribution < 1.29 is 14.3 Å². The Morgan fingerprint density at radius 1 is 1.19 bits per heavy atom. The number of rotatable bonds is 1. The van der Waals surface area contributed by atoms with Crippen LogP contribution in [-0.4, -0.2) is 23.8 Å². The van der Waals surface area contributed by atoms with Gasteiger partial charge >= 0.3 is 5.97 Å². The largest absolute Gasteiger partial charge is 0.462 e. The number of hydrogen-bond donors (Lipinski definition) is 0. The number of ether oxygens (including phenoxy) is 2. The van der Waals surface area contributed by atoms with Crippen LogP contribution in [0.2, 0.25) is 0 Å². The van der Waals surface area contributed by atoms with E-state index in [9.17, 15) is 4.79 Å². The number of esters is 1. The average molecular weight is 359 g/mol. The van der Waals surface area contributed by atoms with Crippen LogP contribution in [0.4, 0.5) is 0 Å². The molecule has 0 radical (unpaired) electrons. The second-order valence-corrected chi connectivity index (χ2v) is 10.3. The highest BCUT2D eigenvalue weighted by atomic mass is 16.6. The van der Waals surface area contributed by atoms with Crippen LogP contribution in [0.25, 0.3) is 0 Å². The fraction of sp³-hybridized carbons (Fsp3) is 0.870.